The number of anilines is 1. The van der Waals surface area contributed by atoms with Gasteiger partial charge in [0, 0.05) is 55.8 Å². The van der Waals surface area contributed by atoms with Crippen LogP contribution in [0.1, 0.15) is 38.5 Å². The summed E-state index contributed by atoms with van der Waals surface area (Å²) in [6, 6.07) is 6.84. The average Bonchev–Trinajstić information content (AvgIpc) is 3.12. The molecule has 158 valence electrons. The number of carbonyl (C=O) groups excluding carboxylic acids is 3. The Hall–Kier alpha value is -2.28. The Morgan fingerprint density at radius 2 is 1.72 bits per heavy atom. The molecule has 1 aliphatic heterocycles. The largest absolute Gasteiger partial charge is 0.355 e. The third kappa shape index (κ3) is 6.35. The molecule has 0 atom stereocenters. The molecule has 4 amide bonds. The van der Waals surface area contributed by atoms with Gasteiger partial charge >= 0.3 is 6.03 Å². The molecule has 7 nitrogen and oxygen atoms in total. The lowest BCUT2D eigenvalue weighted by molar-refractivity contribution is -0.131. The fraction of sp³-hybridized carbons (Fsp3) is 0.571. The van der Waals surface area contributed by atoms with Gasteiger partial charge in [-0.25, -0.2) is 4.79 Å². The van der Waals surface area contributed by atoms with Crippen LogP contribution in [0.15, 0.2) is 24.3 Å². The second-order valence-electron chi connectivity index (χ2n) is 7.68. The Morgan fingerprint density at radius 3 is 2.48 bits per heavy atom. The predicted molar refractivity (Wildman–Crippen MR) is 113 cm³/mol. The molecule has 0 unspecified atom stereocenters. The topological polar surface area (TPSA) is 81.8 Å². The van der Waals surface area contributed by atoms with Gasteiger partial charge in [-0.15, -0.1) is 0 Å². The zero-order valence-corrected chi connectivity index (χ0v) is 17.4. The van der Waals surface area contributed by atoms with E-state index in [9.17, 15) is 14.4 Å². The smallest absolute Gasteiger partial charge is 0.321 e. The van der Waals surface area contributed by atoms with Gasteiger partial charge < -0.3 is 20.4 Å². The number of hydrogen-bond donors (Lipinski definition) is 2. The molecule has 1 aromatic rings. The summed E-state index contributed by atoms with van der Waals surface area (Å²) in [4.78, 5) is 40.6. The molecule has 29 heavy (non-hydrogen) atoms. The standard InChI is InChI=1S/C21H29ClN4O3/c22-17-7-3-8-18(15-17)24-21(29)26-12-4-11-25(13-14-26)19(27)9-10-23-20(28)16-5-1-2-6-16/h3,7-8,15-16H,1-2,4-6,9-14H2,(H,23,28)(H,24,29). The summed E-state index contributed by atoms with van der Waals surface area (Å²) in [5.74, 6) is 0.221. The molecule has 1 saturated heterocycles. The Balaban J connectivity index is 1.40. The van der Waals surface area contributed by atoms with Crippen LogP contribution in [0.4, 0.5) is 10.5 Å². The van der Waals surface area contributed by atoms with E-state index in [4.69, 9.17) is 11.6 Å². The molecule has 1 aliphatic carbocycles. The summed E-state index contributed by atoms with van der Waals surface area (Å²) in [5.41, 5.74) is 0.651. The Kier molecular flexibility index (Phi) is 7.75. The van der Waals surface area contributed by atoms with Crippen LogP contribution < -0.4 is 10.6 Å². The number of hydrogen-bond acceptors (Lipinski definition) is 3. The van der Waals surface area contributed by atoms with E-state index in [1.54, 1.807) is 34.1 Å². The number of carbonyl (C=O) groups is 3. The molecular formula is C21H29ClN4O3. The fourth-order valence-corrected chi connectivity index (χ4v) is 4.11. The maximum absolute atomic E-state index is 12.5. The summed E-state index contributed by atoms with van der Waals surface area (Å²) in [6.45, 7) is 2.57. The van der Waals surface area contributed by atoms with Gasteiger partial charge in [-0.1, -0.05) is 30.5 Å². The Morgan fingerprint density at radius 1 is 1.00 bits per heavy atom. The molecule has 8 heteroatoms. The van der Waals surface area contributed by atoms with Gasteiger partial charge in [-0.3, -0.25) is 9.59 Å². The van der Waals surface area contributed by atoms with E-state index in [1.165, 1.54) is 0 Å². The van der Waals surface area contributed by atoms with Crippen molar-refractivity contribution in [1.29, 1.82) is 0 Å². The van der Waals surface area contributed by atoms with Crippen molar-refractivity contribution in [2.75, 3.05) is 38.0 Å². The van der Waals surface area contributed by atoms with Gasteiger partial charge in [0.15, 0.2) is 0 Å². The quantitative estimate of drug-likeness (QED) is 0.767. The zero-order chi connectivity index (χ0) is 20.6. The summed E-state index contributed by atoms with van der Waals surface area (Å²) in [5, 5.41) is 6.31. The van der Waals surface area contributed by atoms with Crippen LogP contribution in [-0.2, 0) is 9.59 Å². The van der Waals surface area contributed by atoms with Crippen LogP contribution in [0.25, 0.3) is 0 Å². The second-order valence-corrected chi connectivity index (χ2v) is 8.12. The number of nitrogens with one attached hydrogen (secondary N) is 2. The number of amides is 4. The molecule has 2 N–H and O–H groups in total. The molecule has 1 aromatic carbocycles. The minimum absolute atomic E-state index is 0.0221. The first kappa shape index (κ1) is 21.4. The van der Waals surface area contributed by atoms with Gasteiger partial charge in [0.2, 0.25) is 11.8 Å². The SMILES string of the molecule is O=C(NCCC(=O)N1CCCN(C(=O)Nc2cccc(Cl)c2)CC1)C1CCCC1. The van der Waals surface area contributed by atoms with Crippen LogP contribution in [0.5, 0.6) is 0 Å². The Labute approximate surface area is 176 Å². The van der Waals surface area contributed by atoms with Gasteiger partial charge in [0.25, 0.3) is 0 Å². The maximum Gasteiger partial charge on any atom is 0.321 e. The third-order valence-corrected chi connectivity index (χ3v) is 5.81. The highest BCUT2D eigenvalue weighted by Crippen LogP contribution is 2.24. The molecule has 1 heterocycles. The monoisotopic (exact) mass is 420 g/mol. The third-order valence-electron chi connectivity index (χ3n) is 5.58. The molecular weight excluding hydrogens is 392 g/mol. The van der Waals surface area contributed by atoms with Crippen LogP contribution in [0, 0.1) is 5.92 Å². The summed E-state index contributed by atoms with van der Waals surface area (Å²) in [7, 11) is 0. The molecule has 3 rings (SSSR count). The van der Waals surface area contributed by atoms with Gasteiger partial charge in [-0.05, 0) is 37.5 Å². The summed E-state index contributed by atoms with van der Waals surface area (Å²) in [6.07, 6.45) is 5.17. The molecule has 2 aliphatic rings. The van der Waals surface area contributed by atoms with Crippen LogP contribution >= 0.6 is 11.6 Å². The van der Waals surface area contributed by atoms with E-state index in [1.807, 2.05) is 0 Å². The van der Waals surface area contributed by atoms with Crippen molar-refractivity contribution in [3.05, 3.63) is 29.3 Å². The van der Waals surface area contributed by atoms with Crippen molar-refractivity contribution in [1.82, 2.24) is 15.1 Å². The lowest BCUT2D eigenvalue weighted by Gasteiger charge is -2.22. The molecule has 0 aromatic heterocycles. The van der Waals surface area contributed by atoms with Crippen molar-refractivity contribution in [2.24, 2.45) is 5.92 Å². The average molecular weight is 421 g/mol. The van der Waals surface area contributed by atoms with E-state index in [-0.39, 0.29) is 23.8 Å². The first-order chi connectivity index (χ1) is 14.0. The van der Waals surface area contributed by atoms with Crippen LogP contribution in [-0.4, -0.2) is 60.4 Å². The predicted octanol–water partition coefficient (Wildman–Crippen LogP) is 3.10. The highest BCUT2D eigenvalue weighted by molar-refractivity contribution is 6.30. The van der Waals surface area contributed by atoms with Crippen molar-refractivity contribution < 1.29 is 14.4 Å². The number of rotatable bonds is 5. The Bertz CT molecular complexity index is 736. The van der Waals surface area contributed by atoms with Crippen molar-refractivity contribution in [2.45, 2.75) is 38.5 Å². The van der Waals surface area contributed by atoms with E-state index >= 15 is 0 Å². The molecule has 0 radical (unpaired) electrons. The van der Waals surface area contributed by atoms with Crippen molar-refractivity contribution in [3.63, 3.8) is 0 Å². The number of halogens is 1. The number of nitrogens with zero attached hydrogens (tertiary/aromatic N) is 2. The highest BCUT2D eigenvalue weighted by Gasteiger charge is 2.24. The van der Waals surface area contributed by atoms with Crippen molar-refractivity contribution >= 4 is 35.1 Å². The lowest BCUT2D eigenvalue weighted by atomic mass is 10.1. The number of benzene rings is 1. The minimum atomic E-state index is -0.189. The van der Waals surface area contributed by atoms with E-state index < -0.39 is 0 Å². The van der Waals surface area contributed by atoms with Gasteiger partial charge in [0.05, 0.1) is 0 Å². The van der Waals surface area contributed by atoms with Crippen LogP contribution in [0.3, 0.4) is 0 Å². The first-order valence-electron chi connectivity index (χ1n) is 10.4. The maximum atomic E-state index is 12.5. The highest BCUT2D eigenvalue weighted by atomic mass is 35.5. The fourth-order valence-electron chi connectivity index (χ4n) is 3.92. The van der Waals surface area contributed by atoms with Crippen molar-refractivity contribution in [3.8, 4) is 0 Å². The molecule has 1 saturated carbocycles. The van der Waals surface area contributed by atoms with Gasteiger partial charge in [-0.2, -0.15) is 0 Å². The van der Waals surface area contributed by atoms with E-state index in [0.29, 0.717) is 49.9 Å². The minimum Gasteiger partial charge on any atom is -0.355 e. The second kappa shape index (κ2) is 10.5. The normalized spacial score (nSPS) is 17.7. The number of urea groups is 1. The molecule has 0 spiro atoms. The first-order valence-corrected chi connectivity index (χ1v) is 10.8. The van der Waals surface area contributed by atoms with Gasteiger partial charge in [0.1, 0.15) is 0 Å². The van der Waals surface area contributed by atoms with E-state index in [0.717, 1.165) is 32.1 Å². The van der Waals surface area contributed by atoms with E-state index in [2.05, 4.69) is 10.6 Å². The molecule has 0 bridgehead atoms. The summed E-state index contributed by atoms with van der Waals surface area (Å²) >= 11 is 5.96. The van der Waals surface area contributed by atoms with Crippen LogP contribution in [0.2, 0.25) is 5.02 Å². The summed E-state index contributed by atoms with van der Waals surface area (Å²) < 4.78 is 0. The zero-order valence-electron chi connectivity index (χ0n) is 16.7. The molecule has 2 fully saturated rings. The lowest BCUT2D eigenvalue weighted by Crippen LogP contribution is -2.40.